The number of fused-ring (bicyclic) bond motifs is 1. The van der Waals surface area contributed by atoms with Gasteiger partial charge in [0.05, 0.1) is 6.61 Å². The van der Waals surface area contributed by atoms with Crippen LogP contribution < -0.4 is 4.74 Å². The highest BCUT2D eigenvalue weighted by Crippen LogP contribution is 2.51. The number of aromatic hydroxyl groups is 1. The Morgan fingerprint density at radius 1 is 1.23 bits per heavy atom. The van der Waals surface area contributed by atoms with Crippen molar-refractivity contribution < 1.29 is 29.9 Å². The van der Waals surface area contributed by atoms with Gasteiger partial charge in [0.15, 0.2) is 11.5 Å². The summed E-state index contributed by atoms with van der Waals surface area (Å²) < 4.78 is 11.2. The maximum absolute atomic E-state index is 11.2. The standard InChI is InChI=1S/C25H38O6/c1-13(2)7-6-8-14(3)17-10-9-15(4)20-18(17)11-16(5)24(22(20)28)31-25-23(29)21(27)19(26)12-30-25/h7,11,14-15,17,19,21,23,25-29H,6,8-10,12H2,1-5H3. The number of rotatable bonds is 6. The zero-order valence-electron chi connectivity index (χ0n) is 19.3. The molecule has 3 rings (SSSR count). The lowest BCUT2D eigenvalue weighted by Gasteiger charge is -2.37. The van der Waals surface area contributed by atoms with Gasteiger partial charge >= 0.3 is 0 Å². The minimum absolute atomic E-state index is 0.0973. The predicted molar refractivity (Wildman–Crippen MR) is 119 cm³/mol. The van der Waals surface area contributed by atoms with Gasteiger partial charge in [0.25, 0.3) is 0 Å². The van der Waals surface area contributed by atoms with Gasteiger partial charge < -0.3 is 29.9 Å². The first-order valence-corrected chi connectivity index (χ1v) is 11.4. The summed E-state index contributed by atoms with van der Waals surface area (Å²) in [6.07, 6.45) is 1.45. The zero-order valence-corrected chi connectivity index (χ0v) is 19.3. The monoisotopic (exact) mass is 434 g/mol. The van der Waals surface area contributed by atoms with Crippen LogP contribution >= 0.6 is 0 Å². The predicted octanol–water partition coefficient (Wildman–Crippen LogP) is 3.88. The van der Waals surface area contributed by atoms with Crippen LogP contribution in [0.5, 0.6) is 11.5 Å². The number of allylic oxidation sites excluding steroid dienone is 2. The fourth-order valence-corrected chi connectivity index (χ4v) is 4.95. The third kappa shape index (κ3) is 5.08. The number of phenols is 1. The number of aryl methyl sites for hydroxylation is 1. The topological polar surface area (TPSA) is 99.4 Å². The number of hydrogen-bond donors (Lipinski definition) is 4. The van der Waals surface area contributed by atoms with Crippen molar-refractivity contribution in [3.05, 3.63) is 34.4 Å². The van der Waals surface area contributed by atoms with Crippen LogP contribution in [-0.2, 0) is 4.74 Å². The SMILES string of the molecule is CC(C)=CCCC(C)C1CCC(C)c2c1cc(C)c(OC1OCC(O)C(O)C1O)c2O. The summed E-state index contributed by atoms with van der Waals surface area (Å²) in [7, 11) is 0. The van der Waals surface area contributed by atoms with Gasteiger partial charge in [-0.2, -0.15) is 0 Å². The number of aliphatic hydroxyl groups excluding tert-OH is 3. The molecule has 1 saturated heterocycles. The second kappa shape index (κ2) is 9.90. The molecule has 0 saturated carbocycles. The molecule has 6 heteroatoms. The molecule has 1 aromatic carbocycles. The Morgan fingerprint density at radius 2 is 1.94 bits per heavy atom. The molecule has 0 aromatic heterocycles. The van der Waals surface area contributed by atoms with Gasteiger partial charge in [-0.3, -0.25) is 0 Å². The molecular weight excluding hydrogens is 396 g/mol. The molecule has 7 atom stereocenters. The number of benzene rings is 1. The Morgan fingerprint density at radius 3 is 2.61 bits per heavy atom. The van der Waals surface area contributed by atoms with Gasteiger partial charge in [0.1, 0.15) is 18.3 Å². The summed E-state index contributed by atoms with van der Waals surface area (Å²) >= 11 is 0. The van der Waals surface area contributed by atoms with Gasteiger partial charge in [-0.1, -0.05) is 31.6 Å². The molecule has 1 heterocycles. The van der Waals surface area contributed by atoms with Crippen molar-refractivity contribution in [3.63, 3.8) is 0 Å². The number of ether oxygens (including phenoxy) is 2. The molecule has 1 aromatic rings. The molecule has 6 nitrogen and oxygen atoms in total. The average molecular weight is 435 g/mol. The first-order chi connectivity index (χ1) is 14.6. The lowest BCUT2D eigenvalue weighted by Crippen LogP contribution is -2.54. The van der Waals surface area contributed by atoms with E-state index in [0.29, 0.717) is 11.8 Å². The maximum Gasteiger partial charge on any atom is 0.229 e. The molecule has 0 amide bonds. The van der Waals surface area contributed by atoms with E-state index in [2.05, 4.69) is 39.8 Å². The first kappa shape index (κ1) is 24.1. The molecule has 0 spiro atoms. The van der Waals surface area contributed by atoms with E-state index in [-0.39, 0.29) is 24.0 Å². The zero-order chi connectivity index (χ0) is 22.9. The molecule has 0 radical (unpaired) electrons. The minimum Gasteiger partial charge on any atom is -0.504 e. The van der Waals surface area contributed by atoms with Crippen molar-refractivity contribution in [3.8, 4) is 11.5 Å². The summed E-state index contributed by atoms with van der Waals surface area (Å²) in [6.45, 7) is 10.4. The number of phenolic OH excluding ortho intramolecular Hbond substituents is 1. The molecule has 0 bridgehead atoms. The Labute approximate surface area is 185 Å². The highest BCUT2D eigenvalue weighted by Gasteiger charge is 2.40. The quantitative estimate of drug-likeness (QED) is 0.507. The Balaban J connectivity index is 1.87. The molecule has 7 unspecified atom stereocenters. The second-order valence-electron chi connectivity index (χ2n) is 9.66. The third-order valence-corrected chi connectivity index (χ3v) is 6.86. The Kier molecular flexibility index (Phi) is 7.68. The van der Waals surface area contributed by atoms with Gasteiger partial charge in [0.2, 0.25) is 6.29 Å². The fraction of sp³-hybridized carbons (Fsp3) is 0.680. The fourth-order valence-electron chi connectivity index (χ4n) is 4.95. The smallest absolute Gasteiger partial charge is 0.229 e. The molecule has 174 valence electrons. The van der Waals surface area contributed by atoms with Gasteiger partial charge in [-0.25, -0.2) is 0 Å². The van der Waals surface area contributed by atoms with Crippen LogP contribution in [0.3, 0.4) is 0 Å². The van der Waals surface area contributed by atoms with Crippen LogP contribution in [0, 0.1) is 12.8 Å². The normalized spacial score (nSPS) is 31.6. The van der Waals surface area contributed by atoms with Crippen LogP contribution in [0.4, 0.5) is 0 Å². The highest BCUT2D eigenvalue weighted by atomic mass is 16.7. The molecule has 1 fully saturated rings. The van der Waals surface area contributed by atoms with Crippen molar-refractivity contribution in [1.29, 1.82) is 0 Å². The van der Waals surface area contributed by atoms with E-state index in [0.717, 1.165) is 36.8 Å². The summed E-state index contributed by atoms with van der Waals surface area (Å²) in [5, 5.41) is 41.0. The lowest BCUT2D eigenvalue weighted by atomic mass is 9.70. The highest BCUT2D eigenvalue weighted by molar-refractivity contribution is 5.57. The molecular formula is C25H38O6. The van der Waals surface area contributed by atoms with Crippen LogP contribution in [-0.4, -0.2) is 51.6 Å². The summed E-state index contributed by atoms with van der Waals surface area (Å²) in [6, 6.07) is 2.10. The Bertz CT molecular complexity index is 800. The number of aliphatic hydroxyl groups is 3. The van der Waals surface area contributed by atoms with E-state index in [1.807, 2.05) is 6.92 Å². The lowest BCUT2D eigenvalue weighted by molar-refractivity contribution is -0.242. The van der Waals surface area contributed by atoms with Gasteiger partial charge in [-0.05, 0) is 75.3 Å². The Hall–Kier alpha value is -1.60. The van der Waals surface area contributed by atoms with E-state index < -0.39 is 24.6 Å². The van der Waals surface area contributed by atoms with Crippen molar-refractivity contribution in [2.75, 3.05) is 6.61 Å². The minimum atomic E-state index is -1.40. The van der Waals surface area contributed by atoms with E-state index in [1.54, 1.807) is 0 Å². The summed E-state index contributed by atoms with van der Waals surface area (Å²) in [4.78, 5) is 0. The third-order valence-electron chi connectivity index (χ3n) is 6.86. The number of hydrogen-bond acceptors (Lipinski definition) is 6. The van der Waals surface area contributed by atoms with Gasteiger partial charge in [0, 0.05) is 5.56 Å². The largest absolute Gasteiger partial charge is 0.504 e. The average Bonchev–Trinajstić information content (AvgIpc) is 2.70. The molecule has 4 N–H and O–H groups in total. The van der Waals surface area contributed by atoms with Crippen molar-refractivity contribution in [1.82, 2.24) is 0 Å². The van der Waals surface area contributed by atoms with Crippen molar-refractivity contribution in [2.45, 2.75) is 96.7 Å². The van der Waals surface area contributed by atoms with E-state index in [4.69, 9.17) is 9.47 Å². The van der Waals surface area contributed by atoms with E-state index in [9.17, 15) is 20.4 Å². The molecule has 1 aliphatic carbocycles. The molecule has 2 aliphatic rings. The maximum atomic E-state index is 11.2. The molecule has 31 heavy (non-hydrogen) atoms. The summed E-state index contributed by atoms with van der Waals surface area (Å²) in [5.41, 5.74) is 4.20. The molecule has 1 aliphatic heterocycles. The van der Waals surface area contributed by atoms with Crippen LogP contribution in [0.25, 0.3) is 0 Å². The van der Waals surface area contributed by atoms with Crippen molar-refractivity contribution >= 4 is 0 Å². The van der Waals surface area contributed by atoms with Gasteiger partial charge in [-0.15, -0.1) is 0 Å². The van der Waals surface area contributed by atoms with E-state index >= 15 is 0 Å². The second-order valence-corrected chi connectivity index (χ2v) is 9.66. The first-order valence-electron chi connectivity index (χ1n) is 11.4. The summed E-state index contributed by atoms with van der Waals surface area (Å²) in [5.74, 6) is 1.44. The van der Waals surface area contributed by atoms with E-state index in [1.165, 1.54) is 11.1 Å². The van der Waals surface area contributed by atoms with Crippen LogP contribution in [0.1, 0.15) is 81.9 Å². The van der Waals surface area contributed by atoms with Crippen molar-refractivity contribution in [2.24, 2.45) is 5.92 Å². The van der Waals surface area contributed by atoms with Crippen LogP contribution in [0.2, 0.25) is 0 Å². The van der Waals surface area contributed by atoms with Crippen LogP contribution in [0.15, 0.2) is 17.7 Å².